The van der Waals surface area contributed by atoms with Gasteiger partial charge >= 0.3 is 0 Å². The zero-order valence-corrected chi connectivity index (χ0v) is 14.7. The highest BCUT2D eigenvalue weighted by atomic mass is 19.1. The molecule has 0 bridgehead atoms. The molecule has 0 unspecified atom stereocenters. The van der Waals surface area contributed by atoms with Crippen LogP contribution in [-0.4, -0.2) is 60.9 Å². The molecule has 0 aliphatic carbocycles. The quantitative estimate of drug-likeness (QED) is 0.834. The molecule has 2 aliphatic heterocycles. The van der Waals surface area contributed by atoms with Crippen molar-refractivity contribution in [2.75, 3.05) is 51.0 Å². The number of benzene rings is 1. The van der Waals surface area contributed by atoms with Crippen molar-refractivity contribution in [3.8, 4) is 0 Å². The molecule has 138 valence electrons. The highest BCUT2D eigenvalue weighted by Gasteiger charge is 2.28. The van der Waals surface area contributed by atoms with Crippen LogP contribution in [0, 0.1) is 5.82 Å². The molecule has 7 heteroatoms. The van der Waals surface area contributed by atoms with Gasteiger partial charge in [0.15, 0.2) is 0 Å². The van der Waals surface area contributed by atoms with Crippen LogP contribution < -0.4 is 4.90 Å². The summed E-state index contributed by atoms with van der Waals surface area (Å²) in [5.41, 5.74) is 0.684. The normalized spacial score (nSPS) is 21.7. The van der Waals surface area contributed by atoms with Crippen LogP contribution in [0.1, 0.15) is 17.4 Å². The van der Waals surface area contributed by atoms with Crippen molar-refractivity contribution < 1.29 is 13.9 Å². The third kappa shape index (κ3) is 3.85. The van der Waals surface area contributed by atoms with Gasteiger partial charge in [-0.15, -0.1) is 0 Å². The van der Waals surface area contributed by atoms with Crippen LogP contribution in [0.2, 0.25) is 0 Å². The van der Waals surface area contributed by atoms with Crippen LogP contribution in [0.25, 0.3) is 0 Å². The van der Waals surface area contributed by atoms with E-state index in [1.54, 1.807) is 12.3 Å². The van der Waals surface area contributed by atoms with E-state index in [1.807, 2.05) is 18.2 Å². The number of nitrogens with zero attached hydrogens (tertiary/aromatic N) is 4. The Bertz CT molecular complexity index is 739. The standard InChI is InChI=1S/C19H23FN4O2/c20-16-4-2-1-3-15(16)13-24-9-12-26-14-17(24)19-21-6-5-18(22-19)23-7-10-25-11-8-23/h1-6,17H,7-14H2/t17-/m0/s1. The predicted molar refractivity (Wildman–Crippen MR) is 95.4 cm³/mol. The molecular weight excluding hydrogens is 335 g/mol. The van der Waals surface area contributed by atoms with Gasteiger partial charge in [0.1, 0.15) is 17.5 Å². The monoisotopic (exact) mass is 358 g/mol. The molecule has 0 radical (unpaired) electrons. The lowest BCUT2D eigenvalue weighted by Crippen LogP contribution is -2.41. The number of rotatable bonds is 4. The first-order valence-corrected chi connectivity index (χ1v) is 9.02. The molecule has 2 saturated heterocycles. The summed E-state index contributed by atoms with van der Waals surface area (Å²) in [5, 5.41) is 0. The molecule has 2 aliphatic rings. The minimum Gasteiger partial charge on any atom is -0.378 e. The van der Waals surface area contributed by atoms with E-state index in [1.165, 1.54) is 6.07 Å². The number of hydrogen-bond acceptors (Lipinski definition) is 6. The van der Waals surface area contributed by atoms with Gasteiger partial charge in [-0.05, 0) is 12.1 Å². The summed E-state index contributed by atoms with van der Waals surface area (Å²) in [6, 6.07) is 8.75. The van der Waals surface area contributed by atoms with Gasteiger partial charge in [-0.3, -0.25) is 4.90 Å². The molecule has 3 heterocycles. The fourth-order valence-corrected chi connectivity index (χ4v) is 3.40. The maximum absolute atomic E-state index is 14.1. The van der Waals surface area contributed by atoms with Crippen molar-refractivity contribution in [3.05, 3.63) is 53.7 Å². The van der Waals surface area contributed by atoms with Gasteiger partial charge in [0.05, 0.1) is 32.5 Å². The fourth-order valence-electron chi connectivity index (χ4n) is 3.40. The topological polar surface area (TPSA) is 50.7 Å². The Morgan fingerprint density at radius 2 is 1.85 bits per heavy atom. The second kappa shape index (κ2) is 8.07. The van der Waals surface area contributed by atoms with Crippen LogP contribution in [0.4, 0.5) is 10.2 Å². The Kier molecular flexibility index (Phi) is 5.38. The van der Waals surface area contributed by atoms with Crippen LogP contribution in [0.5, 0.6) is 0 Å². The van der Waals surface area contributed by atoms with E-state index in [-0.39, 0.29) is 11.9 Å². The molecule has 2 aromatic rings. The molecule has 1 atom stereocenters. The summed E-state index contributed by atoms with van der Waals surface area (Å²) in [5.74, 6) is 1.46. The minimum absolute atomic E-state index is 0.0793. The van der Waals surface area contributed by atoms with Gasteiger partial charge < -0.3 is 14.4 Å². The Morgan fingerprint density at radius 1 is 1.04 bits per heavy atom. The first kappa shape index (κ1) is 17.3. The lowest BCUT2D eigenvalue weighted by atomic mass is 10.1. The number of aromatic nitrogens is 2. The van der Waals surface area contributed by atoms with E-state index in [2.05, 4.69) is 14.8 Å². The van der Waals surface area contributed by atoms with Gasteiger partial charge in [0, 0.05) is 37.9 Å². The molecule has 2 fully saturated rings. The molecule has 26 heavy (non-hydrogen) atoms. The van der Waals surface area contributed by atoms with E-state index in [9.17, 15) is 4.39 Å². The molecular formula is C19H23FN4O2. The largest absolute Gasteiger partial charge is 0.378 e. The van der Waals surface area contributed by atoms with Crippen molar-refractivity contribution in [1.82, 2.24) is 14.9 Å². The van der Waals surface area contributed by atoms with Gasteiger partial charge in [0.2, 0.25) is 0 Å². The number of morpholine rings is 2. The second-order valence-corrected chi connectivity index (χ2v) is 6.53. The summed E-state index contributed by atoms with van der Waals surface area (Å²) in [6.07, 6.45) is 1.79. The van der Waals surface area contributed by atoms with Crippen LogP contribution in [0.15, 0.2) is 36.5 Å². The van der Waals surface area contributed by atoms with Crippen LogP contribution in [-0.2, 0) is 16.0 Å². The smallest absolute Gasteiger partial charge is 0.150 e. The Hall–Kier alpha value is -2.09. The van der Waals surface area contributed by atoms with Gasteiger partial charge in [-0.2, -0.15) is 0 Å². The second-order valence-electron chi connectivity index (χ2n) is 6.53. The zero-order valence-electron chi connectivity index (χ0n) is 14.7. The third-order valence-corrected chi connectivity index (χ3v) is 4.86. The molecule has 4 rings (SSSR count). The van der Waals surface area contributed by atoms with Crippen LogP contribution >= 0.6 is 0 Å². The average Bonchev–Trinajstić information content (AvgIpc) is 2.71. The summed E-state index contributed by atoms with van der Waals surface area (Å²) in [6.45, 7) is 5.48. The summed E-state index contributed by atoms with van der Waals surface area (Å²) in [7, 11) is 0. The van der Waals surface area contributed by atoms with Crippen molar-refractivity contribution >= 4 is 5.82 Å². The first-order chi connectivity index (χ1) is 12.8. The molecule has 0 spiro atoms. The zero-order chi connectivity index (χ0) is 17.8. The fraction of sp³-hybridized carbons (Fsp3) is 0.474. The van der Waals surface area contributed by atoms with E-state index in [0.717, 1.165) is 31.3 Å². The average molecular weight is 358 g/mol. The SMILES string of the molecule is Fc1ccccc1CN1CCOC[C@H]1c1nccc(N2CCOCC2)n1. The number of hydrogen-bond donors (Lipinski definition) is 0. The number of halogens is 1. The van der Waals surface area contributed by atoms with E-state index >= 15 is 0 Å². The minimum atomic E-state index is -0.180. The maximum Gasteiger partial charge on any atom is 0.150 e. The lowest BCUT2D eigenvalue weighted by Gasteiger charge is -2.35. The first-order valence-electron chi connectivity index (χ1n) is 9.02. The number of ether oxygens (including phenoxy) is 2. The van der Waals surface area contributed by atoms with Gasteiger partial charge in [-0.25, -0.2) is 14.4 Å². The summed E-state index contributed by atoms with van der Waals surface area (Å²) < 4.78 is 25.2. The Balaban J connectivity index is 1.55. The van der Waals surface area contributed by atoms with Crippen LogP contribution in [0.3, 0.4) is 0 Å². The molecule has 1 aromatic heterocycles. The van der Waals surface area contributed by atoms with Crippen molar-refractivity contribution in [2.24, 2.45) is 0 Å². The molecule has 6 nitrogen and oxygen atoms in total. The van der Waals surface area contributed by atoms with Crippen molar-refractivity contribution in [3.63, 3.8) is 0 Å². The van der Waals surface area contributed by atoms with Crippen molar-refractivity contribution in [2.45, 2.75) is 12.6 Å². The Morgan fingerprint density at radius 3 is 2.69 bits per heavy atom. The summed E-state index contributed by atoms with van der Waals surface area (Å²) in [4.78, 5) is 13.7. The Labute approximate surface area is 152 Å². The summed E-state index contributed by atoms with van der Waals surface area (Å²) >= 11 is 0. The van der Waals surface area contributed by atoms with E-state index < -0.39 is 0 Å². The lowest BCUT2D eigenvalue weighted by molar-refractivity contribution is -0.0163. The number of anilines is 1. The molecule has 0 N–H and O–H groups in total. The van der Waals surface area contributed by atoms with E-state index in [0.29, 0.717) is 38.5 Å². The van der Waals surface area contributed by atoms with Gasteiger partial charge in [0.25, 0.3) is 0 Å². The third-order valence-electron chi connectivity index (χ3n) is 4.86. The van der Waals surface area contributed by atoms with Crippen molar-refractivity contribution in [1.29, 1.82) is 0 Å². The maximum atomic E-state index is 14.1. The molecule has 1 aromatic carbocycles. The molecule has 0 amide bonds. The highest BCUT2D eigenvalue weighted by molar-refractivity contribution is 5.38. The predicted octanol–water partition coefficient (Wildman–Crippen LogP) is 2.03. The van der Waals surface area contributed by atoms with E-state index in [4.69, 9.17) is 14.5 Å². The molecule has 0 saturated carbocycles. The highest BCUT2D eigenvalue weighted by Crippen LogP contribution is 2.25. The van der Waals surface area contributed by atoms with Gasteiger partial charge in [-0.1, -0.05) is 18.2 Å².